The number of ether oxygens (including phenoxy) is 7. The van der Waals surface area contributed by atoms with Crippen LogP contribution in [-0.4, -0.2) is 137 Å². The Bertz CT molecular complexity index is 2570. The lowest BCUT2D eigenvalue weighted by Gasteiger charge is -2.68. The van der Waals surface area contributed by atoms with E-state index in [2.05, 4.69) is 5.32 Å². The molecule has 3 aliphatic carbocycles. The number of nitrogens with one attached hydrogen (secondary N) is 1. The third-order valence-electron chi connectivity index (χ3n) is 16.4. The van der Waals surface area contributed by atoms with Crippen LogP contribution in [0.15, 0.2) is 29.8 Å². The Kier molecular flexibility index (Phi) is 18.2. The summed E-state index contributed by atoms with van der Waals surface area (Å²) < 4.78 is 122. The molecule has 1 heterocycles. The van der Waals surface area contributed by atoms with Gasteiger partial charge in [0.05, 0.1) is 44.3 Å². The summed E-state index contributed by atoms with van der Waals surface area (Å²) in [5.74, 6) is -11.5. The van der Waals surface area contributed by atoms with Crippen LogP contribution in [0.1, 0.15) is 134 Å². The summed E-state index contributed by atoms with van der Waals surface area (Å²) in [5.41, 5.74) is -17.0. The minimum absolute atomic E-state index is 0.106. The van der Waals surface area contributed by atoms with Crippen molar-refractivity contribution in [2.24, 2.45) is 28.6 Å². The van der Waals surface area contributed by atoms with E-state index in [4.69, 9.17) is 41.8 Å². The fraction of sp³-hybridized carbons (Fsp3) is 0.736. The Balaban J connectivity index is 1.85. The monoisotopic (exact) mass is 1130 g/mol. The molecule has 2 N–H and O–H groups in total. The van der Waals surface area contributed by atoms with E-state index in [0.717, 1.165) is 13.8 Å². The van der Waals surface area contributed by atoms with Gasteiger partial charge in [0.1, 0.15) is 46.6 Å². The lowest BCUT2D eigenvalue weighted by molar-refractivity contribution is -0.348. The zero-order valence-electron chi connectivity index (χ0n) is 47.3. The SMILES string of the molecule is COc1ccc(OC)c(C(=O)O[C@H]2[C@@H]3[C@]4(OC(C)=O)CO[C@@H]4C[C@H](OS(=O)(=O)C(F)(F)F)[C@@]3(C)C(=O)C(=O)C3C(C)[C@@H](OC(=O)[C@H](O[Si](C(C)C)(C(C)C)C(C)C)[C@H](C=C(C)C)NC(=O)OC(C)(C)C)C[C@]2(O)C3(C)C)c1. The molecule has 3 saturated carbocycles. The highest BCUT2D eigenvalue weighted by molar-refractivity contribution is 7.87. The Hall–Kier alpha value is -4.62. The molecule has 12 atom stereocenters. The number of alkyl carbamates (subject to hydrolysis) is 1. The van der Waals surface area contributed by atoms with Crippen LogP contribution >= 0.6 is 0 Å². The maximum Gasteiger partial charge on any atom is 0.523 e. The highest BCUT2D eigenvalue weighted by atomic mass is 32.2. The lowest BCUT2D eigenvalue weighted by atomic mass is 9.42. The highest BCUT2D eigenvalue weighted by Gasteiger charge is 2.80. The number of amides is 1. The predicted octanol–water partition coefficient (Wildman–Crippen LogP) is 8.09. The molecule has 4 fully saturated rings. The van der Waals surface area contributed by atoms with Gasteiger partial charge in [-0.25, -0.2) is 14.4 Å². The van der Waals surface area contributed by atoms with Gasteiger partial charge in [0.25, 0.3) is 0 Å². The molecule has 77 heavy (non-hydrogen) atoms. The second-order valence-electron chi connectivity index (χ2n) is 23.8. The van der Waals surface area contributed by atoms with Crippen molar-refractivity contribution < 1.29 is 97.2 Å². The standard InChI is InChI=1S/C53H78F3NO18SSi/c1-26(2)21-34(57-47(63)73-48(11,12)13)41(75-77(27(3)4,28(5)6)29(7)8)46(62)70-36-24-52(64)44(71-45(61)33-22-32(67-17)19-20-35(33)68-18)42-50(16,43(60)40(59)39(30(36)9)49(52,14)15)37(74-76(65,66)53(54,55)56)23-38-51(42,25-69-38)72-31(10)58/h19-22,27-30,34,36-39,41-42,44,64H,23-25H2,1-18H3,(H,57,63)/t30?,34-,36-,37-,38+,39?,41+,42-,44-,50+,51-,52+/m0/s1. The van der Waals surface area contributed by atoms with Crippen LogP contribution in [0.25, 0.3) is 0 Å². The molecule has 1 saturated heterocycles. The number of esters is 3. The van der Waals surface area contributed by atoms with Crippen LogP contribution in [0, 0.1) is 28.6 Å². The number of carbonyl (C=O) groups is 6. The largest absolute Gasteiger partial charge is 0.523 e. The number of hydrogen-bond donors (Lipinski definition) is 2. The van der Waals surface area contributed by atoms with Gasteiger partial charge < -0.3 is 48.0 Å². The third kappa shape index (κ3) is 11.4. The Morgan fingerprint density at radius 2 is 1.51 bits per heavy atom. The van der Waals surface area contributed by atoms with Crippen LogP contribution in [-0.2, 0) is 61.6 Å². The van der Waals surface area contributed by atoms with E-state index in [9.17, 15) is 36.3 Å². The van der Waals surface area contributed by atoms with Gasteiger partial charge in [-0.15, -0.1) is 0 Å². The van der Waals surface area contributed by atoms with Crippen LogP contribution in [0.5, 0.6) is 11.5 Å². The molecule has 4 aliphatic rings. The molecule has 2 unspecified atom stereocenters. The van der Waals surface area contributed by atoms with Crippen molar-refractivity contribution in [3.8, 4) is 11.5 Å². The topological polar surface area (TPSA) is 252 Å². The van der Waals surface area contributed by atoms with Crippen LogP contribution < -0.4 is 14.8 Å². The molecular weight excluding hydrogens is 1060 g/mol. The van der Waals surface area contributed by atoms with Gasteiger partial charge in [0.15, 0.2) is 11.7 Å². The van der Waals surface area contributed by atoms with Crippen molar-refractivity contribution >= 4 is 54.0 Å². The number of carbonyl (C=O) groups excluding carboxylic acids is 6. The Labute approximate surface area is 450 Å². The average molecular weight is 1130 g/mol. The van der Waals surface area contributed by atoms with Crippen molar-refractivity contribution in [1.29, 1.82) is 0 Å². The molecule has 0 spiro atoms. The van der Waals surface area contributed by atoms with Crippen molar-refractivity contribution in [3.63, 3.8) is 0 Å². The number of fused-ring (bicyclic) bond motifs is 5. The summed E-state index contributed by atoms with van der Waals surface area (Å²) >= 11 is 0. The lowest BCUT2D eigenvalue weighted by Crippen LogP contribution is -2.83. The number of ketones is 2. The van der Waals surface area contributed by atoms with E-state index in [-0.39, 0.29) is 33.7 Å². The first kappa shape index (κ1) is 63.2. The second-order valence-corrected chi connectivity index (χ2v) is 30.8. The van der Waals surface area contributed by atoms with Gasteiger partial charge >= 0.3 is 39.6 Å². The number of benzene rings is 1. The smallest absolute Gasteiger partial charge is 0.497 e. The number of hydrogen-bond acceptors (Lipinski definition) is 18. The van der Waals surface area contributed by atoms with E-state index < -0.39 is 161 Å². The van der Waals surface area contributed by atoms with E-state index in [1.165, 1.54) is 53.2 Å². The molecule has 1 aliphatic heterocycles. The fourth-order valence-corrected chi connectivity index (χ4v) is 19.1. The first-order valence-electron chi connectivity index (χ1n) is 25.7. The van der Waals surface area contributed by atoms with Gasteiger partial charge in [0, 0.05) is 37.0 Å². The highest BCUT2D eigenvalue weighted by Crippen LogP contribution is 2.65. The van der Waals surface area contributed by atoms with Crippen LogP contribution in [0.2, 0.25) is 16.6 Å². The van der Waals surface area contributed by atoms with Gasteiger partial charge in [0.2, 0.25) is 19.9 Å². The predicted molar refractivity (Wildman–Crippen MR) is 273 cm³/mol. The third-order valence-corrected chi connectivity index (χ3v) is 23.5. The van der Waals surface area contributed by atoms with Crippen molar-refractivity contribution in [1.82, 2.24) is 5.32 Å². The number of methoxy groups -OCH3 is 2. The quantitative estimate of drug-likeness (QED) is 0.0284. The van der Waals surface area contributed by atoms with Gasteiger partial charge in [-0.2, -0.15) is 21.6 Å². The molecule has 434 valence electrons. The van der Waals surface area contributed by atoms with Crippen molar-refractivity contribution in [3.05, 3.63) is 35.4 Å². The number of alkyl halides is 3. The Morgan fingerprint density at radius 1 is 0.922 bits per heavy atom. The molecule has 1 amide bonds. The zero-order valence-corrected chi connectivity index (χ0v) is 49.1. The molecule has 1 aromatic rings. The normalized spacial score (nSPS) is 30.1. The fourth-order valence-electron chi connectivity index (χ4n) is 12.9. The van der Waals surface area contributed by atoms with E-state index in [1.807, 2.05) is 41.5 Å². The minimum Gasteiger partial charge on any atom is -0.497 e. The molecule has 2 bridgehead atoms. The first-order chi connectivity index (χ1) is 35.1. The number of Topliss-reactive ketones (excluding diaryl/α,β-unsaturated/α-hetero) is 2. The van der Waals surface area contributed by atoms with Crippen LogP contribution in [0.3, 0.4) is 0 Å². The number of aliphatic hydroxyl groups is 1. The Morgan fingerprint density at radius 3 is 1.97 bits per heavy atom. The molecule has 0 radical (unpaired) electrons. The summed E-state index contributed by atoms with van der Waals surface area (Å²) in [4.78, 5) is 88.7. The summed E-state index contributed by atoms with van der Waals surface area (Å²) in [6.07, 6.45) is -10.6. The summed E-state index contributed by atoms with van der Waals surface area (Å²) in [5, 5.41) is 16.9. The molecule has 1 aromatic carbocycles. The summed E-state index contributed by atoms with van der Waals surface area (Å²) in [6, 6.07) is 2.75. The molecular formula is C53H78F3NO18SSi. The van der Waals surface area contributed by atoms with E-state index in [1.54, 1.807) is 40.7 Å². The number of halogens is 3. The van der Waals surface area contributed by atoms with Crippen molar-refractivity contribution in [2.45, 2.75) is 199 Å². The molecule has 5 rings (SSSR count). The van der Waals surface area contributed by atoms with Gasteiger partial charge in [-0.05, 0) is 76.4 Å². The molecule has 0 aromatic heterocycles. The average Bonchev–Trinajstić information content (AvgIpc) is 3.27. The minimum atomic E-state index is -6.60. The van der Waals surface area contributed by atoms with Crippen LogP contribution in [0.4, 0.5) is 18.0 Å². The van der Waals surface area contributed by atoms with E-state index >= 15 is 19.2 Å². The molecule has 19 nitrogen and oxygen atoms in total. The summed E-state index contributed by atoms with van der Waals surface area (Å²) in [6.45, 7) is 25.7. The van der Waals surface area contributed by atoms with Crippen molar-refractivity contribution in [2.75, 3.05) is 20.8 Å². The maximum absolute atomic E-state index is 15.7. The summed E-state index contributed by atoms with van der Waals surface area (Å²) in [7, 11) is -7.21. The zero-order chi connectivity index (χ0) is 58.7. The maximum atomic E-state index is 15.7. The molecule has 24 heteroatoms. The van der Waals surface area contributed by atoms with Gasteiger partial charge in [-0.3, -0.25) is 18.6 Å². The van der Waals surface area contributed by atoms with E-state index in [0.29, 0.717) is 5.57 Å². The van der Waals surface area contributed by atoms with Gasteiger partial charge in [-0.1, -0.05) is 74.0 Å². The number of rotatable bonds is 17. The number of allylic oxidation sites excluding steroid dienone is 1. The second kappa shape index (κ2) is 22.1. The first-order valence-corrected chi connectivity index (χ1v) is 29.3.